The molecule has 0 spiro atoms. The van der Waals surface area contributed by atoms with E-state index in [1.807, 2.05) is 0 Å². The fourth-order valence-corrected chi connectivity index (χ4v) is 16.2. The molecule has 3 fully saturated rings. The van der Waals surface area contributed by atoms with Crippen molar-refractivity contribution in [2.24, 2.45) is 0 Å². The minimum absolute atomic E-state index is 0.0888. The van der Waals surface area contributed by atoms with Crippen LogP contribution in [0.25, 0.3) is 33.4 Å². The molecule has 0 atom stereocenters. The highest BCUT2D eigenvalue weighted by molar-refractivity contribution is 5.86. The summed E-state index contributed by atoms with van der Waals surface area (Å²) in [5.74, 6) is 1.58. The molecule has 0 saturated heterocycles. The lowest BCUT2D eigenvalue weighted by Gasteiger charge is -2.40. The second-order valence-electron chi connectivity index (χ2n) is 27.4. The summed E-state index contributed by atoms with van der Waals surface area (Å²) in [6, 6.07) is 86.3. The number of hydrogen-bond donors (Lipinski definition) is 0. The Morgan fingerprint density at radius 3 is 1.07 bits per heavy atom. The van der Waals surface area contributed by atoms with Gasteiger partial charge in [-0.15, -0.1) is 0 Å². The highest BCUT2D eigenvalue weighted by atomic mass is 14.5. The number of aryl methyl sites for hydroxylation is 6. The fraction of sp³-hybridized carbons (Fsp3) is 0.318. The van der Waals surface area contributed by atoms with Gasteiger partial charge in [0, 0.05) is 10.8 Å². The zero-order valence-electron chi connectivity index (χ0n) is 54.2. The van der Waals surface area contributed by atoms with Gasteiger partial charge in [-0.3, -0.25) is 0 Å². The SMILES string of the molecule is Cc1ccc(C(C)(C)c2ccc(C)c(-c3ccccc3)c2)cc1-c1ccccc1.Cc1ccc(C2(c3ccc(C)c(C4CCCCC4)c3)CCCCC2)cc1C1CCCCC1.Cc1ccc(C2(c3ccc(C)cc3)c3ccccc3-c3ccccc32)cc1. The van der Waals surface area contributed by atoms with E-state index in [0.29, 0.717) is 0 Å². The molecule has 0 aliphatic heterocycles. The summed E-state index contributed by atoms with van der Waals surface area (Å²) in [5.41, 5.74) is 30.7. The molecule has 10 aromatic rings. The van der Waals surface area contributed by atoms with E-state index >= 15 is 0 Å². The van der Waals surface area contributed by atoms with Gasteiger partial charge in [0.1, 0.15) is 0 Å². The van der Waals surface area contributed by atoms with Gasteiger partial charge in [0.25, 0.3) is 0 Å². The second-order valence-corrected chi connectivity index (χ2v) is 27.4. The Morgan fingerprint density at radius 1 is 0.307 bits per heavy atom. The first kappa shape index (κ1) is 60.5. The average molecular weight is 1150 g/mol. The quantitative estimate of drug-likeness (QED) is 0.128. The number of benzene rings is 10. The smallest absolute Gasteiger partial charge is 0.0622 e. The van der Waals surface area contributed by atoms with Crippen molar-refractivity contribution in [1.29, 1.82) is 0 Å². The Bertz CT molecular complexity index is 3710. The molecule has 0 unspecified atom stereocenters. The number of fused-ring (bicyclic) bond motifs is 3. The Kier molecular flexibility index (Phi) is 18.2. The van der Waals surface area contributed by atoms with Crippen molar-refractivity contribution >= 4 is 0 Å². The third-order valence-electron chi connectivity index (χ3n) is 21.5. The lowest BCUT2D eigenvalue weighted by molar-refractivity contribution is 0.344. The van der Waals surface area contributed by atoms with Crippen molar-refractivity contribution in [3.8, 4) is 33.4 Å². The van der Waals surface area contributed by atoms with Gasteiger partial charge < -0.3 is 0 Å². The first-order valence-corrected chi connectivity index (χ1v) is 33.7. The summed E-state index contributed by atoms with van der Waals surface area (Å²) in [5, 5.41) is 0. The highest BCUT2D eigenvalue weighted by Gasteiger charge is 2.46. The van der Waals surface area contributed by atoms with E-state index in [1.165, 1.54) is 196 Å². The van der Waals surface area contributed by atoms with Crippen LogP contribution < -0.4 is 0 Å². The molecule has 0 heterocycles. The van der Waals surface area contributed by atoms with Crippen LogP contribution in [0.15, 0.2) is 231 Å². The molecule has 14 rings (SSSR count). The molecule has 0 radical (unpaired) electrons. The van der Waals surface area contributed by atoms with Crippen molar-refractivity contribution < 1.29 is 0 Å². The van der Waals surface area contributed by atoms with Crippen LogP contribution in [0, 0.1) is 41.5 Å². The Morgan fingerprint density at radius 2 is 0.659 bits per heavy atom. The van der Waals surface area contributed by atoms with Gasteiger partial charge in [-0.2, -0.15) is 0 Å². The third-order valence-corrected chi connectivity index (χ3v) is 21.5. The van der Waals surface area contributed by atoms with Gasteiger partial charge in [-0.05, 0) is 203 Å². The monoisotopic (exact) mass is 1150 g/mol. The maximum Gasteiger partial charge on any atom is 0.0713 e. The van der Waals surface area contributed by atoms with E-state index in [2.05, 4.69) is 286 Å². The van der Waals surface area contributed by atoms with E-state index in [0.717, 1.165) is 11.8 Å². The Balaban J connectivity index is 0.000000129. The molecule has 0 amide bonds. The van der Waals surface area contributed by atoms with Crippen LogP contribution in [0.2, 0.25) is 0 Å². The molecular formula is C88H94. The number of hydrogen-bond acceptors (Lipinski definition) is 0. The van der Waals surface area contributed by atoms with Crippen LogP contribution in [0.4, 0.5) is 0 Å². The van der Waals surface area contributed by atoms with Crippen LogP contribution >= 0.6 is 0 Å². The maximum absolute atomic E-state index is 2.68. The molecule has 10 aromatic carbocycles. The van der Waals surface area contributed by atoms with E-state index in [9.17, 15) is 0 Å². The van der Waals surface area contributed by atoms with E-state index < -0.39 is 0 Å². The summed E-state index contributed by atoms with van der Waals surface area (Å²) in [7, 11) is 0. The summed E-state index contributed by atoms with van der Waals surface area (Å²) in [6.45, 7) is 18.1. The predicted molar refractivity (Wildman–Crippen MR) is 376 cm³/mol. The molecule has 0 N–H and O–H groups in total. The zero-order chi connectivity index (χ0) is 60.8. The van der Waals surface area contributed by atoms with Gasteiger partial charge in [-0.1, -0.05) is 313 Å². The van der Waals surface area contributed by atoms with Gasteiger partial charge in [0.05, 0.1) is 5.41 Å². The van der Waals surface area contributed by atoms with Crippen LogP contribution in [0.1, 0.15) is 211 Å². The van der Waals surface area contributed by atoms with Crippen molar-refractivity contribution in [1.82, 2.24) is 0 Å². The molecule has 4 aliphatic carbocycles. The van der Waals surface area contributed by atoms with E-state index in [-0.39, 0.29) is 16.2 Å². The first-order chi connectivity index (χ1) is 42.8. The standard InChI is InChI=1S/C32H44.C29H28.C27H22/c1-24-16-18-28(22-30(24)26-12-6-3-7-13-26)32(20-10-5-11-21-32)29-19-17-25(2)31(23-29)27-14-8-4-9-15-27;1-21-15-17-25(19-27(21)23-11-7-5-8-12-23)29(3,4)26-18-16-22(2)28(20-26)24-13-9-6-10-14-24;1-19-11-15-21(16-12-19)27(22-17-13-20(2)14-18-22)25-9-5-3-7-23(25)24-8-4-6-10-26(24)27/h16-19,22-23,26-27H,3-15,20-21H2,1-2H3;5-20H,1-4H3;3-18H,1-2H3. The van der Waals surface area contributed by atoms with Crippen molar-refractivity contribution in [3.63, 3.8) is 0 Å². The molecule has 446 valence electrons. The zero-order valence-corrected chi connectivity index (χ0v) is 54.2. The highest BCUT2D eigenvalue weighted by Crippen LogP contribution is 2.56. The summed E-state index contributed by atoms with van der Waals surface area (Å²) in [6.07, 6.45) is 20.9. The largest absolute Gasteiger partial charge is 0.0713 e. The van der Waals surface area contributed by atoms with Gasteiger partial charge >= 0.3 is 0 Å². The average Bonchev–Trinajstić information content (AvgIpc) is 1.93. The van der Waals surface area contributed by atoms with Crippen molar-refractivity contribution in [2.45, 2.75) is 180 Å². The Labute approximate surface area is 529 Å². The molecule has 88 heavy (non-hydrogen) atoms. The summed E-state index contributed by atoms with van der Waals surface area (Å²) < 4.78 is 0. The molecule has 3 saturated carbocycles. The number of rotatable bonds is 10. The fourth-order valence-electron chi connectivity index (χ4n) is 16.2. The Hall–Kier alpha value is -7.80. The topological polar surface area (TPSA) is 0 Å². The summed E-state index contributed by atoms with van der Waals surface area (Å²) in [4.78, 5) is 0. The normalized spacial score (nSPS) is 16.3. The van der Waals surface area contributed by atoms with E-state index in [4.69, 9.17) is 0 Å². The van der Waals surface area contributed by atoms with Crippen molar-refractivity contribution in [2.75, 3.05) is 0 Å². The third kappa shape index (κ3) is 12.1. The predicted octanol–water partition coefficient (Wildman–Crippen LogP) is 24.3. The summed E-state index contributed by atoms with van der Waals surface area (Å²) >= 11 is 0. The molecule has 4 aliphatic rings. The van der Waals surface area contributed by atoms with Crippen LogP contribution in [-0.2, 0) is 16.2 Å². The molecule has 0 heteroatoms. The maximum atomic E-state index is 2.68. The lowest BCUT2D eigenvalue weighted by atomic mass is 9.64. The van der Waals surface area contributed by atoms with Gasteiger partial charge in [-0.25, -0.2) is 0 Å². The van der Waals surface area contributed by atoms with Gasteiger partial charge in [0.2, 0.25) is 0 Å². The minimum atomic E-state index is -0.269. The minimum Gasteiger partial charge on any atom is -0.0622 e. The first-order valence-electron chi connectivity index (χ1n) is 33.7. The van der Waals surface area contributed by atoms with Crippen LogP contribution in [0.5, 0.6) is 0 Å². The molecule has 0 aromatic heterocycles. The van der Waals surface area contributed by atoms with E-state index in [1.54, 1.807) is 22.3 Å². The lowest BCUT2D eigenvalue weighted by Crippen LogP contribution is -2.31. The molecular weight excluding hydrogens is 1060 g/mol. The molecule has 0 nitrogen and oxygen atoms in total. The molecule has 0 bridgehead atoms. The van der Waals surface area contributed by atoms with Crippen LogP contribution in [-0.4, -0.2) is 0 Å². The van der Waals surface area contributed by atoms with Crippen LogP contribution in [0.3, 0.4) is 0 Å². The second kappa shape index (κ2) is 26.5. The van der Waals surface area contributed by atoms with Gasteiger partial charge in [0.15, 0.2) is 0 Å². The van der Waals surface area contributed by atoms with Crippen molar-refractivity contribution in [3.05, 3.63) is 320 Å².